The van der Waals surface area contributed by atoms with Crippen molar-refractivity contribution in [2.45, 2.75) is 83.8 Å². The molecule has 0 aromatic heterocycles. The second kappa shape index (κ2) is 5.39. The Kier molecular flexibility index (Phi) is 3.70. The maximum atomic E-state index is 10.8. The molecular formula is C19H31N3O. The van der Waals surface area contributed by atoms with Crippen molar-refractivity contribution >= 4 is 0 Å². The molecule has 4 rings (SSSR count). The van der Waals surface area contributed by atoms with Crippen LogP contribution in [0.4, 0.5) is 0 Å². The van der Waals surface area contributed by atoms with Crippen molar-refractivity contribution in [2.75, 3.05) is 0 Å². The van der Waals surface area contributed by atoms with Crippen molar-refractivity contribution in [3.63, 3.8) is 0 Å². The van der Waals surface area contributed by atoms with E-state index in [1.807, 2.05) is 0 Å². The zero-order valence-corrected chi connectivity index (χ0v) is 14.6. The van der Waals surface area contributed by atoms with Crippen LogP contribution in [0.1, 0.15) is 71.6 Å². The molecule has 4 saturated carbocycles. The molecule has 4 fully saturated rings. The fraction of sp³-hybridized carbons (Fsp3) is 1.00. The Morgan fingerprint density at radius 2 is 1.83 bits per heavy atom. The van der Waals surface area contributed by atoms with Gasteiger partial charge in [0.05, 0.1) is 12.1 Å². The van der Waals surface area contributed by atoms with Crippen molar-refractivity contribution in [2.24, 2.45) is 39.6 Å². The smallest absolute Gasteiger partial charge is 0.0681 e. The highest BCUT2D eigenvalue weighted by molar-refractivity contribution is 5.12. The van der Waals surface area contributed by atoms with Crippen molar-refractivity contribution in [3.05, 3.63) is 10.4 Å². The van der Waals surface area contributed by atoms with Crippen LogP contribution < -0.4 is 0 Å². The molecule has 128 valence electrons. The first-order valence-electron chi connectivity index (χ1n) is 9.73. The van der Waals surface area contributed by atoms with Crippen LogP contribution in [-0.2, 0) is 0 Å². The van der Waals surface area contributed by atoms with Gasteiger partial charge >= 0.3 is 0 Å². The summed E-state index contributed by atoms with van der Waals surface area (Å²) in [7, 11) is 0. The van der Waals surface area contributed by atoms with E-state index in [9.17, 15) is 5.11 Å². The van der Waals surface area contributed by atoms with E-state index in [1.54, 1.807) is 0 Å². The second-order valence-electron chi connectivity index (χ2n) is 9.40. The Bertz CT molecular complexity index is 531. The quantitative estimate of drug-likeness (QED) is 0.409. The van der Waals surface area contributed by atoms with Crippen molar-refractivity contribution in [1.29, 1.82) is 0 Å². The maximum absolute atomic E-state index is 10.8. The first-order chi connectivity index (χ1) is 11.0. The molecule has 0 aromatic rings. The monoisotopic (exact) mass is 317 g/mol. The van der Waals surface area contributed by atoms with Crippen LogP contribution in [-0.4, -0.2) is 17.3 Å². The van der Waals surface area contributed by atoms with Crippen molar-refractivity contribution in [3.8, 4) is 0 Å². The van der Waals surface area contributed by atoms with Crippen LogP contribution in [0.25, 0.3) is 10.4 Å². The predicted molar refractivity (Wildman–Crippen MR) is 90.7 cm³/mol. The van der Waals surface area contributed by atoms with Gasteiger partial charge in [0.25, 0.3) is 0 Å². The molecule has 0 spiro atoms. The summed E-state index contributed by atoms with van der Waals surface area (Å²) >= 11 is 0. The summed E-state index contributed by atoms with van der Waals surface area (Å²) in [6, 6.07) is -0.203. The summed E-state index contributed by atoms with van der Waals surface area (Å²) in [6.45, 7) is 4.84. The average molecular weight is 317 g/mol. The third-order valence-corrected chi connectivity index (χ3v) is 8.76. The Morgan fingerprint density at radius 1 is 1.00 bits per heavy atom. The number of aliphatic hydroxyl groups excluding tert-OH is 1. The van der Waals surface area contributed by atoms with Crippen LogP contribution >= 0.6 is 0 Å². The molecule has 4 aliphatic carbocycles. The highest BCUT2D eigenvalue weighted by atomic mass is 16.3. The van der Waals surface area contributed by atoms with Gasteiger partial charge < -0.3 is 5.11 Å². The van der Waals surface area contributed by atoms with Gasteiger partial charge in [0.1, 0.15) is 0 Å². The highest BCUT2D eigenvalue weighted by Crippen LogP contribution is 2.66. The lowest BCUT2D eigenvalue weighted by molar-refractivity contribution is -0.120. The van der Waals surface area contributed by atoms with Crippen molar-refractivity contribution < 1.29 is 5.11 Å². The molecule has 4 aliphatic rings. The molecule has 0 amide bonds. The number of nitrogens with zero attached hydrogens (tertiary/aromatic N) is 3. The van der Waals surface area contributed by atoms with Crippen LogP contribution in [0, 0.1) is 34.5 Å². The summed E-state index contributed by atoms with van der Waals surface area (Å²) in [4.78, 5) is 3.01. The predicted octanol–water partition coefficient (Wildman–Crippen LogP) is 5.07. The Hall–Kier alpha value is -0.730. The molecule has 0 saturated heterocycles. The van der Waals surface area contributed by atoms with E-state index in [0.29, 0.717) is 11.3 Å². The lowest BCUT2D eigenvalue weighted by Crippen LogP contribution is -2.53. The minimum atomic E-state index is -0.443. The number of azide groups is 1. The molecule has 4 nitrogen and oxygen atoms in total. The van der Waals surface area contributed by atoms with Crippen LogP contribution in [0.15, 0.2) is 5.11 Å². The lowest BCUT2D eigenvalue weighted by atomic mass is 9.45. The summed E-state index contributed by atoms with van der Waals surface area (Å²) in [5, 5.41) is 14.7. The normalized spacial score (nSPS) is 55.3. The van der Waals surface area contributed by atoms with Gasteiger partial charge in [0.15, 0.2) is 0 Å². The zero-order valence-electron chi connectivity index (χ0n) is 14.6. The highest BCUT2D eigenvalue weighted by Gasteiger charge is 2.61. The first-order valence-corrected chi connectivity index (χ1v) is 9.73. The lowest BCUT2D eigenvalue weighted by Gasteiger charge is -2.60. The number of rotatable bonds is 1. The van der Waals surface area contributed by atoms with E-state index in [2.05, 4.69) is 23.9 Å². The molecule has 0 radical (unpaired) electrons. The minimum absolute atomic E-state index is 0.0299. The maximum Gasteiger partial charge on any atom is 0.0681 e. The topological polar surface area (TPSA) is 69.0 Å². The number of hydrogen-bond donors (Lipinski definition) is 1. The molecule has 0 aliphatic heterocycles. The zero-order chi connectivity index (χ0) is 16.2. The fourth-order valence-corrected chi connectivity index (χ4v) is 7.46. The van der Waals surface area contributed by atoms with E-state index in [1.165, 1.54) is 44.9 Å². The van der Waals surface area contributed by atoms with Crippen LogP contribution in [0.5, 0.6) is 0 Å². The molecule has 0 aromatic carbocycles. The van der Waals surface area contributed by atoms with Gasteiger partial charge in [-0.05, 0) is 85.0 Å². The van der Waals surface area contributed by atoms with E-state index in [0.717, 1.165) is 30.6 Å². The molecule has 0 heterocycles. The molecule has 1 unspecified atom stereocenters. The van der Waals surface area contributed by atoms with Gasteiger partial charge in [-0.3, -0.25) is 0 Å². The molecule has 0 bridgehead atoms. The second-order valence-corrected chi connectivity index (χ2v) is 9.40. The molecule has 4 heteroatoms. The number of fused-ring (bicyclic) bond motifs is 5. The van der Waals surface area contributed by atoms with E-state index in [4.69, 9.17) is 5.53 Å². The summed E-state index contributed by atoms with van der Waals surface area (Å²) in [6.07, 6.45) is 11.2. The number of hydrogen-bond acceptors (Lipinski definition) is 2. The SMILES string of the molecule is C[C@]12CC[C@H]3[C@@H](CCC4CCCC[C@@]43C)[C@@H]1C[C@H](N=[N+]=[N-])[C@H]2O. The Balaban J connectivity index is 1.65. The molecule has 8 atom stereocenters. The van der Waals surface area contributed by atoms with Gasteiger partial charge in [0, 0.05) is 4.91 Å². The van der Waals surface area contributed by atoms with Crippen LogP contribution in [0.2, 0.25) is 0 Å². The fourth-order valence-electron chi connectivity index (χ4n) is 7.46. The first kappa shape index (κ1) is 15.8. The largest absolute Gasteiger partial charge is 0.392 e. The third-order valence-electron chi connectivity index (χ3n) is 8.76. The Morgan fingerprint density at radius 3 is 2.61 bits per heavy atom. The Labute approximate surface area is 139 Å². The standard InChI is InChI=1S/C19H31N3O/c1-18-9-4-3-5-12(18)6-7-13-14(18)8-10-19(2)15(13)11-16(17(19)23)21-22-20/h12-17,23H,3-11H2,1-2H3/t12?,13-,14+,15+,16+,17-,18+,19+/m1/s1. The molecule has 1 N–H and O–H groups in total. The van der Waals surface area contributed by atoms with Gasteiger partial charge in [-0.1, -0.05) is 31.8 Å². The van der Waals surface area contributed by atoms with E-state index in [-0.39, 0.29) is 11.5 Å². The average Bonchev–Trinajstić information content (AvgIpc) is 2.79. The van der Waals surface area contributed by atoms with Gasteiger partial charge in [-0.2, -0.15) is 0 Å². The third kappa shape index (κ3) is 2.10. The molecular weight excluding hydrogens is 286 g/mol. The van der Waals surface area contributed by atoms with Gasteiger partial charge in [-0.25, -0.2) is 0 Å². The van der Waals surface area contributed by atoms with Gasteiger partial charge in [0.2, 0.25) is 0 Å². The molecule has 23 heavy (non-hydrogen) atoms. The summed E-state index contributed by atoms with van der Waals surface area (Å²) in [5.74, 6) is 3.05. The minimum Gasteiger partial charge on any atom is -0.392 e. The van der Waals surface area contributed by atoms with E-state index >= 15 is 0 Å². The summed E-state index contributed by atoms with van der Waals surface area (Å²) in [5.41, 5.74) is 9.34. The van der Waals surface area contributed by atoms with Crippen LogP contribution in [0.3, 0.4) is 0 Å². The number of aliphatic hydroxyl groups is 1. The van der Waals surface area contributed by atoms with Crippen molar-refractivity contribution in [1.82, 2.24) is 0 Å². The summed E-state index contributed by atoms with van der Waals surface area (Å²) < 4.78 is 0. The van der Waals surface area contributed by atoms with E-state index < -0.39 is 6.10 Å². The van der Waals surface area contributed by atoms with Gasteiger partial charge in [-0.15, -0.1) is 0 Å².